The number of rotatable bonds is 78. The molecule has 0 aliphatic carbocycles. The molecule has 0 aliphatic rings. The van der Waals surface area contributed by atoms with Crippen LogP contribution in [0.4, 0.5) is 0 Å². The summed E-state index contributed by atoms with van der Waals surface area (Å²) >= 11 is 0. The van der Waals surface area contributed by atoms with Gasteiger partial charge in [-0.1, -0.05) is 348 Å². The van der Waals surface area contributed by atoms with E-state index in [1.165, 1.54) is 199 Å². The predicted molar refractivity (Wildman–Crippen MR) is 409 cm³/mol. The highest BCUT2D eigenvalue weighted by Gasteiger charge is 2.30. The van der Waals surface area contributed by atoms with Gasteiger partial charge >= 0.3 is 39.5 Å². The maximum absolute atomic E-state index is 13.1. The summed E-state index contributed by atoms with van der Waals surface area (Å²) in [5.74, 6) is -0.622. The van der Waals surface area contributed by atoms with Crippen LogP contribution in [0.25, 0.3) is 0 Å². The van der Waals surface area contributed by atoms with Crippen molar-refractivity contribution in [3.63, 3.8) is 0 Å². The van der Waals surface area contributed by atoms with Crippen molar-refractivity contribution in [1.29, 1.82) is 0 Å². The lowest BCUT2D eigenvalue weighted by molar-refractivity contribution is -0.161. The molecule has 0 heterocycles. The van der Waals surface area contributed by atoms with Gasteiger partial charge in [0, 0.05) is 25.7 Å². The molecule has 590 valence electrons. The third-order valence-electron chi connectivity index (χ3n) is 18.3. The smallest absolute Gasteiger partial charge is 0.462 e. The Balaban J connectivity index is 5.29. The highest BCUT2D eigenvalue weighted by molar-refractivity contribution is 7.47. The zero-order chi connectivity index (χ0) is 73.5. The number of hydrogen-bond acceptors (Lipinski definition) is 15. The fourth-order valence-electron chi connectivity index (χ4n) is 12.0. The summed E-state index contributed by atoms with van der Waals surface area (Å²) in [6.07, 6.45) is 64.6. The van der Waals surface area contributed by atoms with Crippen molar-refractivity contribution < 1.29 is 80.2 Å². The second-order valence-corrected chi connectivity index (χ2v) is 32.3. The van der Waals surface area contributed by atoms with E-state index in [-0.39, 0.29) is 25.7 Å². The molecule has 0 fully saturated rings. The van der Waals surface area contributed by atoms with Crippen LogP contribution in [-0.2, 0) is 65.4 Å². The molecule has 0 amide bonds. The zero-order valence-corrected chi connectivity index (χ0v) is 66.8. The van der Waals surface area contributed by atoms with Crippen molar-refractivity contribution >= 4 is 39.5 Å². The highest BCUT2D eigenvalue weighted by Crippen LogP contribution is 2.45. The maximum atomic E-state index is 13.1. The Morgan fingerprint density at radius 2 is 0.540 bits per heavy atom. The van der Waals surface area contributed by atoms with Crippen molar-refractivity contribution in [2.24, 2.45) is 11.8 Å². The lowest BCUT2D eigenvalue weighted by Gasteiger charge is -2.21. The molecule has 100 heavy (non-hydrogen) atoms. The number of phosphoric ester groups is 2. The summed E-state index contributed by atoms with van der Waals surface area (Å²) in [4.78, 5) is 73.0. The van der Waals surface area contributed by atoms with E-state index in [2.05, 4.69) is 65.8 Å². The molecule has 2 unspecified atom stereocenters. The van der Waals surface area contributed by atoms with E-state index in [0.29, 0.717) is 25.7 Å². The predicted octanol–water partition coefficient (Wildman–Crippen LogP) is 23.8. The molecule has 5 atom stereocenters. The van der Waals surface area contributed by atoms with Gasteiger partial charge in [0.1, 0.15) is 19.3 Å². The Morgan fingerprint density at radius 1 is 0.310 bits per heavy atom. The number of hydrogen-bond donors (Lipinski definition) is 3. The van der Waals surface area contributed by atoms with Gasteiger partial charge in [-0.2, -0.15) is 0 Å². The first-order valence-corrected chi connectivity index (χ1v) is 44.3. The number of aliphatic hydroxyl groups excluding tert-OH is 1. The van der Waals surface area contributed by atoms with Crippen LogP contribution in [0.5, 0.6) is 0 Å². The molecule has 17 nitrogen and oxygen atoms in total. The number of unbranched alkanes of at least 4 members (excludes halogenated alkanes) is 45. The third kappa shape index (κ3) is 73.8. The molecule has 0 aliphatic heterocycles. The third-order valence-corrected chi connectivity index (χ3v) is 20.2. The number of carbonyl (C=O) groups excluding carboxylic acids is 4. The summed E-state index contributed by atoms with van der Waals surface area (Å²) in [5.41, 5.74) is 0. The van der Waals surface area contributed by atoms with Crippen molar-refractivity contribution in [1.82, 2.24) is 0 Å². The fourth-order valence-corrected chi connectivity index (χ4v) is 13.6. The number of ether oxygens (including phenoxy) is 4. The molecule has 0 saturated carbocycles. The normalized spacial score (nSPS) is 14.1. The van der Waals surface area contributed by atoms with E-state index in [4.69, 9.17) is 37.0 Å². The Bertz CT molecular complexity index is 2020. The van der Waals surface area contributed by atoms with Crippen LogP contribution in [0.1, 0.15) is 401 Å². The molecular weight excluding hydrogens is 1310 g/mol. The average Bonchev–Trinajstić information content (AvgIpc) is 0.919. The molecule has 19 heteroatoms. The maximum Gasteiger partial charge on any atom is 0.472 e. The molecular formula is C81H154O17P2. The molecule has 0 aromatic heterocycles. The minimum absolute atomic E-state index is 0.0846. The van der Waals surface area contributed by atoms with E-state index in [1.807, 2.05) is 0 Å². The minimum Gasteiger partial charge on any atom is -0.462 e. The van der Waals surface area contributed by atoms with Gasteiger partial charge in [-0.25, -0.2) is 9.13 Å². The number of carbonyl (C=O) groups is 4. The first kappa shape index (κ1) is 97.5. The van der Waals surface area contributed by atoms with Crippen LogP contribution in [0, 0.1) is 11.8 Å². The molecule has 0 aromatic rings. The molecule has 0 aromatic carbocycles. The molecule has 3 N–H and O–H groups in total. The first-order chi connectivity index (χ1) is 48.4. The van der Waals surface area contributed by atoms with Crippen molar-refractivity contribution in [2.75, 3.05) is 39.6 Å². The van der Waals surface area contributed by atoms with Crippen LogP contribution < -0.4 is 0 Å². The van der Waals surface area contributed by atoms with Gasteiger partial charge in [0.2, 0.25) is 0 Å². The molecule has 0 radical (unpaired) electrons. The second-order valence-electron chi connectivity index (χ2n) is 29.4. The summed E-state index contributed by atoms with van der Waals surface area (Å²) in [7, 11) is -9.93. The van der Waals surface area contributed by atoms with E-state index in [0.717, 1.165) is 121 Å². The molecule has 0 saturated heterocycles. The van der Waals surface area contributed by atoms with Crippen LogP contribution in [0.15, 0.2) is 24.3 Å². The number of phosphoric acid groups is 2. The Hall–Kier alpha value is -2.46. The Morgan fingerprint density at radius 3 is 0.820 bits per heavy atom. The summed E-state index contributed by atoms with van der Waals surface area (Å²) < 4.78 is 68.7. The first-order valence-electron chi connectivity index (χ1n) is 41.3. The lowest BCUT2D eigenvalue weighted by atomic mass is 10.0. The van der Waals surface area contributed by atoms with Crippen molar-refractivity contribution in [3.05, 3.63) is 24.3 Å². The topological polar surface area (TPSA) is 237 Å². The summed E-state index contributed by atoms with van der Waals surface area (Å²) in [5, 5.41) is 10.6. The second kappa shape index (κ2) is 72.1. The van der Waals surface area contributed by atoms with E-state index in [9.17, 15) is 43.2 Å². The standard InChI is InChI=1S/C81H154O17P2/c1-7-9-11-13-15-17-19-21-23-24-26-30-34-38-45-51-57-63-78(83)91-69-76(97-80(85)66-60-54-48-40-36-32-28-27-29-33-37-43-49-55-61-73(3)4)71-95-99(87,88)93-67-75(82)68-94-100(89,90)96-72-77(70-92-79(84)64-58-52-46-42-41-44-50-56-62-74(5)6)98-81(86)65-59-53-47-39-35-31-25-22-20-18-16-14-12-10-8-2/h18,20,22,25,73-77,82H,7-17,19,21,23-24,26-72H2,1-6H3,(H,87,88)(H,89,90)/b20-18-,25-22-/t75-,76-,77-/m1/s1. The largest absolute Gasteiger partial charge is 0.472 e. The average molecular weight is 1460 g/mol. The lowest BCUT2D eigenvalue weighted by Crippen LogP contribution is -2.30. The fraction of sp³-hybridized carbons (Fsp3) is 0.901. The number of allylic oxidation sites excluding steroid dienone is 4. The van der Waals surface area contributed by atoms with Gasteiger partial charge in [0.15, 0.2) is 12.2 Å². The quantitative estimate of drug-likeness (QED) is 0.0169. The van der Waals surface area contributed by atoms with Crippen LogP contribution in [0.3, 0.4) is 0 Å². The number of aliphatic hydroxyl groups is 1. The van der Waals surface area contributed by atoms with Gasteiger partial charge in [0.05, 0.1) is 26.4 Å². The summed E-state index contributed by atoms with van der Waals surface area (Å²) in [6.45, 7) is 9.55. The monoisotopic (exact) mass is 1460 g/mol. The molecule has 0 rings (SSSR count). The minimum atomic E-state index is -4.97. The van der Waals surface area contributed by atoms with Gasteiger partial charge < -0.3 is 33.8 Å². The van der Waals surface area contributed by atoms with Gasteiger partial charge in [-0.05, 0) is 63.2 Å². The summed E-state index contributed by atoms with van der Waals surface area (Å²) in [6, 6.07) is 0. The molecule has 0 spiro atoms. The van der Waals surface area contributed by atoms with Crippen LogP contribution in [0.2, 0.25) is 0 Å². The SMILES string of the molecule is CCCCCC/C=C\C=C/CCCCCCCC(=O)O[C@H](COC(=O)CCCCCCCCCCC(C)C)COP(=O)(O)OC[C@H](O)COP(=O)(O)OC[C@@H](COC(=O)CCCCCCCCCCCCCCCCCCC)OC(=O)CCCCCCCCCCCCCCCCC(C)C. The van der Waals surface area contributed by atoms with E-state index < -0.39 is 97.5 Å². The van der Waals surface area contributed by atoms with Gasteiger partial charge in [0.25, 0.3) is 0 Å². The Labute approximate surface area is 612 Å². The zero-order valence-electron chi connectivity index (χ0n) is 65.0. The van der Waals surface area contributed by atoms with E-state index in [1.54, 1.807) is 0 Å². The highest BCUT2D eigenvalue weighted by atomic mass is 31.2. The van der Waals surface area contributed by atoms with Crippen LogP contribution in [-0.4, -0.2) is 96.7 Å². The molecule has 0 bridgehead atoms. The Kier molecular flexibility index (Phi) is 70.3. The van der Waals surface area contributed by atoms with Crippen molar-refractivity contribution in [3.8, 4) is 0 Å². The van der Waals surface area contributed by atoms with Gasteiger partial charge in [-0.15, -0.1) is 0 Å². The van der Waals surface area contributed by atoms with E-state index >= 15 is 0 Å². The van der Waals surface area contributed by atoms with Crippen LogP contribution >= 0.6 is 15.6 Å². The van der Waals surface area contributed by atoms with Gasteiger partial charge in [-0.3, -0.25) is 37.3 Å². The number of esters is 4. The van der Waals surface area contributed by atoms with Crippen molar-refractivity contribution in [2.45, 2.75) is 419 Å².